The van der Waals surface area contributed by atoms with Gasteiger partial charge < -0.3 is 4.18 Å². The minimum absolute atomic E-state index is 0.163. The summed E-state index contributed by atoms with van der Waals surface area (Å²) in [5.74, 6) is 0.202. The van der Waals surface area contributed by atoms with Gasteiger partial charge in [0.25, 0.3) is 0 Å². The van der Waals surface area contributed by atoms with E-state index in [1.165, 1.54) is 0 Å². The van der Waals surface area contributed by atoms with Crippen LogP contribution in [0.2, 0.25) is 0 Å². The first-order chi connectivity index (χ1) is 5.67. The molecule has 3 nitrogen and oxygen atoms in total. The van der Waals surface area contributed by atoms with Crippen molar-refractivity contribution in [2.45, 2.75) is 0 Å². The van der Waals surface area contributed by atoms with Gasteiger partial charge in [0, 0.05) is 12.0 Å². The molecule has 1 aromatic carbocycles. The maximum absolute atomic E-state index is 10.9. The van der Waals surface area contributed by atoms with Crippen LogP contribution in [0.15, 0.2) is 24.3 Å². The van der Waals surface area contributed by atoms with E-state index in [1.807, 2.05) is 6.07 Å². The number of hydrogen-bond acceptors (Lipinski definition) is 3. The minimum atomic E-state index is -3.41. The Morgan fingerprint density at radius 1 is 1.33 bits per heavy atom. The van der Waals surface area contributed by atoms with E-state index in [1.54, 1.807) is 18.2 Å². The van der Waals surface area contributed by atoms with E-state index in [9.17, 15) is 8.42 Å². The first-order valence-electron chi connectivity index (χ1n) is 3.42. The maximum atomic E-state index is 10.9. The normalized spacial score (nSPS) is 19.3. The Morgan fingerprint density at radius 3 is 2.92 bits per heavy atom. The molecule has 1 aromatic rings. The first-order valence-corrected chi connectivity index (χ1v) is 5.00. The summed E-state index contributed by atoms with van der Waals surface area (Å²) < 4.78 is 26.6. The van der Waals surface area contributed by atoms with Crippen LogP contribution in [0.4, 0.5) is 0 Å². The summed E-state index contributed by atoms with van der Waals surface area (Å²) in [4.78, 5) is 0. The summed E-state index contributed by atoms with van der Waals surface area (Å²) in [5, 5.41) is 0. The van der Waals surface area contributed by atoms with Crippen LogP contribution < -0.4 is 4.18 Å². The summed E-state index contributed by atoms with van der Waals surface area (Å²) in [6, 6.07) is 6.91. The third kappa shape index (κ3) is 1.30. The zero-order valence-electron chi connectivity index (χ0n) is 6.15. The Labute approximate surface area is 71.1 Å². The molecule has 62 valence electrons. The number of fused-ring (bicyclic) bond motifs is 1. The Kier molecular flexibility index (Phi) is 1.58. The van der Waals surface area contributed by atoms with Crippen LogP contribution in [0.25, 0.3) is 0 Å². The summed E-state index contributed by atoms with van der Waals surface area (Å²) >= 11 is 0. The number of benzene rings is 1. The molecule has 0 saturated carbocycles. The lowest BCUT2D eigenvalue weighted by molar-refractivity contribution is 0.481. The van der Waals surface area contributed by atoms with Gasteiger partial charge in [-0.05, 0) is 6.07 Å². The van der Waals surface area contributed by atoms with Gasteiger partial charge in [-0.3, -0.25) is 0 Å². The zero-order valence-corrected chi connectivity index (χ0v) is 6.97. The molecule has 2 rings (SSSR count). The SMILES string of the molecule is O=S1(=O)C[C]c2ccccc2O1. The number of para-hydroxylation sites is 1. The van der Waals surface area contributed by atoms with Gasteiger partial charge >= 0.3 is 10.1 Å². The molecule has 0 aromatic heterocycles. The molecule has 1 aliphatic heterocycles. The first kappa shape index (κ1) is 7.61. The third-order valence-corrected chi connectivity index (χ3v) is 2.47. The van der Waals surface area contributed by atoms with Crippen molar-refractivity contribution in [3.63, 3.8) is 0 Å². The average Bonchev–Trinajstić information content (AvgIpc) is 2.02. The predicted octanol–water partition coefficient (Wildman–Crippen LogP) is 0.838. The molecule has 0 amide bonds. The smallest absolute Gasteiger partial charge is 0.310 e. The van der Waals surface area contributed by atoms with Crippen molar-refractivity contribution in [3.05, 3.63) is 36.2 Å². The van der Waals surface area contributed by atoms with Crippen molar-refractivity contribution in [1.29, 1.82) is 0 Å². The quantitative estimate of drug-likeness (QED) is 0.558. The number of hydrogen-bond donors (Lipinski definition) is 0. The van der Waals surface area contributed by atoms with E-state index in [-0.39, 0.29) is 5.75 Å². The van der Waals surface area contributed by atoms with Gasteiger partial charge in [-0.2, -0.15) is 8.42 Å². The molecule has 0 spiro atoms. The van der Waals surface area contributed by atoms with Gasteiger partial charge in [0.05, 0.1) is 5.75 Å². The number of rotatable bonds is 0. The van der Waals surface area contributed by atoms with Gasteiger partial charge in [-0.1, -0.05) is 18.2 Å². The van der Waals surface area contributed by atoms with E-state index in [0.717, 1.165) is 0 Å². The van der Waals surface area contributed by atoms with Gasteiger partial charge in [0.2, 0.25) is 0 Å². The third-order valence-electron chi connectivity index (χ3n) is 1.54. The second kappa shape index (κ2) is 2.48. The maximum Gasteiger partial charge on any atom is 0.310 e. The van der Waals surface area contributed by atoms with Crippen LogP contribution in [-0.2, 0) is 10.1 Å². The second-order valence-electron chi connectivity index (χ2n) is 2.46. The molecule has 2 radical (unpaired) electrons. The summed E-state index contributed by atoms with van der Waals surface area (Å²) in [6.07, 6.45) is 2.74. The van der Waals surface area contributed by atoms with Crippen molar-refractivity contribution in [1.82, 2.24) is 0 Å². The summed E-state index contributed by atoms with van der Waals surface area (Å²) in [7, 11) is -3.41. The van der Waals surface area contributed by atoms with Crippen LogP contribution >= 0.6 is 0 Å². The highest BCUT2D eigenvalue weighted by Gasteiger charge is 2.21. The Balaban J connectivity index is 2.48. The standard InChI is InChI=1S/C8H6O3S/c9-12(10)6-5-7-3-1-2-4-8(7)11-12/h1-4H,6H2. The molecular weight excluding hydrogens is 176 g/mol. The molecule has 0 N–H and O–H groups in total. The molecule has 0 bridgehead atoms. The lowest BCUT2D eigenvalue weighted by atomic mass is 10.1. The largest absolute Gasteiger partial charge is 0.382 e. The lowest BCUT2D eigenvalue weighted by Gasteiger charge is -2.15. The van der Waals surface area contributed by atoms with Crippen LogP contribution in [-0.4, -0.2) is 14.2 Å². The van der Waals surface area contributed by atoms with Crippen molar-refractivity contribution in [2.75, 3.05) is 5.75 Å². The molecule has 0 aliphatic carbocycles. The fraction of sp³-hybridized carbons (Fsp3) is 0.125. The minimum Gasteiger partial charge on any atom is -0.382 e. The highest BCUT2D eigenvalue weighted by Crippen LogP contribution is 2.26. The highest BCUT2D eigenvalue weighted by molar-refractivity contribution is 7.87. The molecule has 0 saturated heterocycles. The monoisotopic (exact) mass is 182 g/mol. The predicted molar refractivity (Wildman–Crippen MR) is 43.2 cm³/mol. The van der Waals surface area contributed by atoms with Gasteiger partial charge in [0.15, 0.2) is 0 Å². The average molecular weight is 182 g/mol. The van der Waals surface area contributed by atoms with Crippen LogP contribution in [0.3, 0.4) is 0 Å². The molecule has 0 atom stereocenters. The molecular formula is C8H6O3S. The molecule has 4 heteroatoms. The van der Waals surface area contributed by atoms with E-state index < -0.39 is 10.1 Å². The summed E-state index contributed by atoms with van der Waals surface area (Å²) in [5.41, 5.74) is 0.715. The topological polar surface area (TPSA) is 43.4 Å². The molecule has 0 unspecified atom stereocenters. The van der Waals surface area contributed by atoms with Crippen molar-refractivity contribution in [3.8, 4) is 5.75 Å². The lowest BCUT2D eigenvalue weighted by Crippen LogP contribution is -2.19. The second-order valence-corrected chi connectivity index (χ2v) is 4.03. The fourth-order valence-electron chi connectivity index (χ4n) is 1.02. The van der Waals surface area contributed by atoms with Crippen LogP contribution in [0.1, 0.15) is 5.56 Å². The molecule has 1 aliphatic rings. The van der Waals surface area contributed by atoms with Crippen molar-refractivity contribution < 1.29 is 12.6 Å². The van der Waals surface area contributed by atoms with Crippen molar-refractivity contribution >= 4 is 10.1 Å². The van der Waals surface area contributed by atoms with Gasteiger partial charge in [-0.15, -0.1) is 0 Å². The van der Waals surface area contributed by atoms with Crippen LogP contribution in [0, 0.1) is 6.42 Å². The Morgan fingerprint density at radius 2 is 2.08 bits per heavy atom. The molecule has 0 fully saturated rings. The van der Waals surface area contributed by atoms with E-state index >= 15 is 0 Å². The van der Waals surface area contributed by atoms with E-state index in [4.69, 9.17) is 4.18 Å². The highest BCUT2D eigenvalue weighted by atomic mass is 32.2. The Bertz CT molecular complexity index is 395. The van der Waals surface area contributed by atoms with E-state index in [0.29, 0.717) is 11.3 Å². The summed E-state index contributed by atoms with van der Waals surface area (Å²) in [6.45, 7) is 0. The van der Waals surface area contributed by atoms with E-state index in [2.05, 4.69) is 6.42 Å². The Hall–Kier alpha value is -1.03. The van der Waals surface area contributed by atoms with Crippen LogP contribution in [0.5, 0.6) is 5.75 Å². The van der Waals surface area contributed by atoms with Gasteiger partial charge in [-0.25, -0.2) is 0 Å². The van der Waals surface area contributed by atoms with Crippen molar-refractivity contribution in [2.24, 2.45) is 0 Å². The molecule has 12 heavy (non-hydrogen) atoms. The molecule has 1 heterocycles. The fourth-order valence-corrected chi connectivity index (χ4v) is 1.83. The van der Waals surface area contributed by atoms with Gasteiger partial charge in [0.1, 0.15) is 5.75 Å². The zero-order chi connectivity index (χ0) is 8.60.